The lowest BCUT2D eigenvalue weighted by molar-refractivity contribution is 0.602. The van der Waals surface area contributed by atoms with Crippen LogP contribution in [-0.4, -0.2) is 14.7 Å². The third-order valence-electron chi connectivity index (χ3n) is 3.97. The van der Waals surface area contributed by atoms with Crippen LogP contribution < -0.4 is 0 Å². The van der Waals surface area contributed by atoms with Crippen LogP contribution in [0.2, 0.25) is 0 Å². The summed E-state index contributed by atoms with van der Waals surface area (Å²) in [6.07, 6.45) is 4.55. The van der Waals surface area contributed by atoms with E-state index < -0.39 is 9.84 Å². The first-order valence-corrected chi connectivity index (χ1v) is 9.03. The summed E-state index contributed by atoms with van der Waals surface area (Å²) in [7, 11) is -3.12. The lowest BCUT2D eigenvalue weighted by Gasteiger charge is -2.09. The van der Waals surface area contributed by atoms with Gasteiger partial charge in [-0.2, -0.15) is 0 Å². The predicted molar refractivity (Wildman–Crippen MR) is 86.7 cm³/mol. The second-order valence-electron chi connectivity index (χ2n) is 5.47. The largest absolute Gasteiger partial charge is 0.224 e. The molecule has 21 heavy (non-hydrogen) atoms. The molecule has 2 aromatic carbocycles. The third kappa shape index (κ3) is 2.93. The van der Waals surface area contributed by atoms with Crippen LogP contribution in [0.25, 0.3) is 11.1 Å². The molecule has 3 rings (SSSR count). The number of benzene rings is 2. The van der Waals surface area contributed by atoms with Crippen LogP contribution in [0.1, 0.15) is 30.4 Å². The number of hydrogen-bond acceptors (Lipinski definition) is 2. The molecule has 0 aliphatic heterocycles. The zero-order valence-electron chi connectivity index (χ0n) is 12.0. The second kappa shape index (κ2) is 5.49. The van der Waals surface area contributed by atoms with Gasteiger partial charge in [-0.3, -0.25) is 0 Å². The van der Waals surface area contributed by atoms with E-state index in [4.69, 9.17) is 0 Å². The summed E-state index contributed by atoms with van der Waals surface area (Å²) in [6, 6.07) is 17.7. The van der Waals surface area contributed by atoms with Crippen molar-refractivity contribution in [2.75, 3.05) is 6.26 Å². The van der Waals surface area contributed by atoms with E-state index in [2.05, 4.69) is 24.3 Å². The fourth-order valence-electron chi connectivity index (χ4n) is 2.92. The highest BCUT2D eigenvalue weighted by molar-refractivity contribution is 7.90. The van der Waals surface area contributed by atoms with Crippen LogP contribution in [0.5, 0.6) is 0 Å². The van der Waals surface area contributed by atoms with E-state index in [-0.39, 0.29) is 0 Å². The van der Waals surface area contributed by atoms with Gasteiger partial charge in [0, 0.05) is 6.26 Å². The zero-order chi connectivity index (χ0) is 14.9. The van der Waals surface area contributed by atoms with E-state index in [0.29, 0.717) is 4.90 Å². The van der Waals surface area contributed by atoms with Crippen molar-refractivity contribution in [1.29, 1.82) is 0 Å². The van der Waals surface area contributed by atoms with Crippen molar-refractivity contribution in [3.63, 3.8) is 0 Å². The predicted octanol–water partition coefficient (Wildman–Crippen LogP) is 4.18. The van der Waals surface area contributed by atoms with Crippen LogP contribution in [-0.2, 0) is 9.84 Å². The maximum atomic E-state index is 11.5. The summed E-state index contributed by atoms with van der Waals surface area (Å²) < 4.78 is 23.1. The molecule has 2 nitrogen and oxygen atoms in total. The molecule has 1 aliphatic carbocycles. The van der Waals surface area contributed by atoms with Crippen LogP contribution in [0.4, 0.5) is 0 Å². The van der Waals surface area contributed by atoms with Gasteiger partial charge >= 0.3 is 0 Å². The Bertz CT molecular complexity index is 770. The van der Waals surface area contributed by atoms with E-state index in [1.54, 1.807) is 12.1 Å². The molecule has 2 aromatic rings. The summed E-state index contributed by atoms with van der Waals surface area (Å²) in [5.74, 6) is 0. The first-order chi connectivity index (χ1) is 10.1. The molecule has 0 aromatic heterocycles. The van der Waals surface area contributed by atoms with Crippen molar-refractivity contribution in [3.8, 4) is 0 Å². The Kier molecular flexibility index (Phi) is 3.68. The van der Waals surface area contributed by atoms with Gasteiger partial charge in [-0.25, -0.2) is 8.42 Å². The monoisotopic (exact) mass is 298 g/mol. The van der Waals surface area contributed by atoms with Crippen molar-refractivity contribution in [3.05, 3.63) is 65.7 Å². The Morgan fingerprint density at radius 3 is 1.81 bits per heavy atom. The normalized spacial score (nSPS) is 15.5. The van der Waals surface area contributed by atoms with Gasteiger partial charge in [0.05, 0.1) is 4.90 Å². The van der Waals surface area contributed by atoms with Gasteiger partial charge in [0.2, 0.25) is 0 Å². The molecule has 0 bridgehead atoms. The van der Waals surface area contributed by atoms with Crippen molar-refractivity contribution in [1.82, 2.24) is 0 Å². The topological polar surface area (TPSA) is 34.1 Å². The molecule has 1 aliphatic rings. The molecule has 0 N–H and O–H groups in total. The van der Waals surface area contributed by atoms with E-state index in [1.165, 1.54) is 23.0 Å². The minimum Gasteiger partial charge on any atom is -0.224 e. The van der Waals surface area contributed by atoms with Crippen LogP contribution in [0.3, 0.4) is 0 Å². The lowest BCUT2D eigenvalue weighted by Crippen LogP contribution is -1.96. The van der Waals surface area contributed by atoms with Crippen LogP contribution in [0.15, 0.2) is 59.5 Å². The fraction of sp³-hybridized carbons (Fsp3) is 0.222. The van der Waals surface area contributed by atoms with E-state index in [9.17, 15) is 8.42 Å². The third-order valence-corrected chi connectivity index (χ3v) is 5.10. The Hall–Kier alpha value is -1.87. The van der Waals surface area contributed by atoms with Gasteiger partial charge in [-0.1, -0.05) is 42.5 Å². The standard InChI is InChI=1S/C18H18O2S/c1-21(19,20)16-12-10-15(11-13-16)18-9-5-8-17(18)14-6-3-2-4-7-14/h2-4,6-7,10-13H,5,8-9H2,1H3. The molecule has 108 valence electrons. The van der Waals surface area contributed by atoms with Crippen molar-refractivity contribution in [2.24, 2.45) is 0 Å². The van der Waals surface area contributed by atoms with Gasteiger partial charge in [-0.15, -0.1) is 0 Å². The summed E-state index contributed by atoms with van der Waals surface area (Å²) in [5.41, 5.74) is 5.15. The van der Waals surface area contributed by atoms with Gasteiger partial charge in [0.1, 0.15) is 0 Å². The molecule has 0 radical (unpaired) electrons. The number of allylic oxidation sites excluding steroid dienone is 2. The number of sulfone groups is 1. The molecular formula is C18H18O2S. The van der Waals surface area contributed by atoms with Gasteiger partial charge < -0.3 is 0 Å². The number of hydrogen-bond donors (Lipinski definition) is 0. The molecule has 0 unspecified atom stereocenters. The molecule has 0 fully saturated rings. The zero-order valence-corrected chi connectivity index (χ0v) is 12.9. The molecule has 0 saturated carbocycles. The fourth-order valence-corrected chi connectivity index (χ4v) is 3.55. The molecule has 0 atom stereocenters. The highest BCUT2D eigenvalue weighted by Gasteiger charge is 2.18. The molecule has 0 saturated heterocycles. The van der Waals surface area contributed by atoms with Gasteiger partial charge in [-0.05, 0) is 53.7 Å². The van der Waals surface area contributed by atoms with Crippen molar-refractivity contribution >= 4 is 21.0 Å². The highest BCUT2D eigenvalue weighted by atomic mass is 32.2. The SMILES string of the molecule is CS(=O)(=O)c1ccc(C2=C(c3ccccc3)CCC2)cc1. The average molecular weight is 298 g/mol. The summed E-state index contributed by atoms with van der Waals surface area (Å²) >= 11 is 0. The second-order valence-corrected chi connectivity index (χ2v) is 7.49. The quantitative estimate of drug-likeness (QED) is 0.851. The Labute approximate surface area is 126 Å². The highest BCUT2D eigenvalue weighted by Crippen LogP contribution is 2.39. The molecule has 0 amide bonds. The van der Waals surface area contributed by atoms with E-state index >= 15 is 0 Å². The van der Waals surface area contributed by atoms with E-state index in [0.717, 1.165) is 24.8 Å². The maximum absolute atomic E-state index is 11.5. The lowest BCUT2D eigenvalue weighted by atomic mass is 9.97. The maximum Gasteiger partial charge on any atom is 0.175 e. The average Bonchev–Trinajstić information content (AvgIpc) is 2.97. The smallest absolute Gasteiger partial charge is 0.175 e. The van der Waals surface area contributed by atoms with E-state index in [1.807, 2.05) is 18.2 Å². The van der Waals surface area contributed by atoms with Gasteiger partial charge in [0.25, 0.3) is 0 Å². The van der Waals surface area contributed by atoms with Gasteiger partial charge in [0.15, 0.2) is 9.84 Å². The first-order valence-electron chi connectivity index (χ1n) is 7.13. The minimum atomic E-state index is -3.12. The number of rotatable bonds is 3. The molecule has 0 spiro atoms. The Morgan fingerprint density at radius 1 is 0.762 bits per heavy atom. The summed E-state index contributed by atoms with van der Waals surface area (Å²) in [6.45, 7) is 0. The molecule has 0 heterocycles. The minimum absolute atomic E-state index is 0.381. The summed E-state index contributed by atoms with van der Waals surface area (Å²) in [5, 5.41) is 0. The Balaban J connectivity index is 2.03. The molecule has 3 heteroatoms. The van der Waals surface area contributed by atoms with Crippen LogP contribution in [0, 0.1) is 0 Å². The van der Waals surface area contributed by atoms with Crippen LogP contribution >= 0.6 is 0 Å². The molecular weight excluding hydrogens is 280 g/mol. The van der Waals surface area contributed by atoms with Crippen molar-refractivity contribution in [2.45, 2.75) is 24.2 Å². The summed E-state index contributed by atoms with van der Waals surface area (Å²) in [4.78, 5) is 0.381. The Morgan fingerprint density at radius 2 is 1.29 bits per heavy atom. The van der Waals surface area contributed by atoms with Crippen molar-refractivity contribution < 1.29 is 8.42 Å². The first kappa shape index (κ1) is 14.1.